The highest BCUT2D eigenvalue weighted by Crippen LogP contribution is 2.25. The number of rotatable bonds is 3. The Morgan fingerprint density at radius 1 is 1.28 bits per heavy atom. The summed E-state index contributed by atoms with van der Waals surface area (Å²) in [6.07, 6.45) is -0.173. The first-order valence-corrected chi connectivity index (χ1v) is 8.77. The number of para-hydroxylation sites is 1. The molecule has 3 aromatic rings. The van der Waals surface area contributed by atoms with Gasteiger partial charge in [-0.2, -0.15) is 5.10 Å². The predicted octanol–water partition coefficient (Wildman–Crippen LogP) is 2.48. The number of aromatic nitrogens is 1. The van der Waals surface area contributed by atoms with Crippen LogP contribution in [0.15, 0.2) is 65.9 Å². The molecule has 2 heterocycles. The topological polar surface area (TPSA) is 80.2 Å². The molecule has 5 N–H and O–H groups in total. The van der Waals surface area contributed by atoms with E-state index in [2.05, 4.69) is 39.3 Å². The molecule has 0 spiro atoms. The van der Waals surface area contributed by atoms with Crippen LogP contribution in [0.3, 0.4) is 0 Å². The number of hydrogen-bond donors (Lipinski definition) is 3. The lowest BCUT2D eigenvalue weighted by molar-refractivity contribution is -0.393. The Hall–Kier alpha value is -2.90. The molecular weight excluding hydrogens is 332 g/mol. The number of fused-ring (bicyclic) bond motifs is 1. The molecule has 126 valence electrons. The van der Waals surface area contributed by atoms with Crippen LogP contribution in [0.25, 0.3) is 10.2 Å². The van der Waals surface area contributed by atoms with E-state index in [1.54, 1.807) is 11.3 Å². The first kappa shape index (κ1) is 15.6. The summed E-state index contributed by atoms with van der Waals surface area (Å²) in [5, 5.41) is 7.53. The van der Waals surface area contributed by atoms with Crippen LogP contribution in [0.1, 0.15) is 5.01 Å². The van der Waals surface area contributed by atoms with Gasteiger partial charge in [-0.3, -0.25) is 10.9 Å². The maximum atomic E-state index is 4.52. The van der Waals surface area contributed by atoms with Gasteiger partial charge in [-0.25, -0.2) is 9.99 Å². The summed E-state index contributed by atoms with van der Waals surface area (Å²) in [6.45, 7) is 6.06. The zero-order chi connectivity index (χ0) is 17.4. The molecule has 1 aliphatic rings. The number of aryl methyl sites for hydroxylation is 1. The zero-order valence-electron chi connectivity index (χ0n) is 13.9. The fourth-order valence-electron chi connectivity index (χ4n) is 2.82. The molecule has 0 aliphatic carbocycles. The number of hydrogen-bond acceptors (Lipinski definition) is 6. The van der Waals surface area contributed by atoms with Crippen molar-refractivity contribution < 1.29 is 5.73 Å². The molecule has 0 saturated carbocycles. The zero-order valence-corrected chi connectivity index (χ0v) is 14.7. The lowest BCUT2D eigenvalue weighted by Crippen LogP contribution is -2.71. The van der Waals surface area contributed by atoms with E-state index in [1.807, 2.05) is 54.4 Å². The van der Waals surface area contributed by atoms with Gasteiger partial charge in [0.1, 0.15) is 0 Å². The van der Waals surface area contributed by atoms with Crippen LogP contribution in [0.2, 0.25) is 0 Å². The Labute approximate surface area is 149 Å². The normalized spacial score (nSPS) is 18.8. The Balaban J connectivity index is 1.56. The third-order valence-corrected chi connectivity index (χ3v) is 4.98. The molecule has 0 unspecified atom stereocenters. The van der Waals surface area contributed by atoms with Crippen LogP contribution in [-0.4, -0.2) is 16.9 Å². The van der Waals surface area contributed by atoms with E-state index in [0.717, 1.165) is 33.3 Å². The minimum absolute atomic E-state index is 0.173. The molecule has 1 saturated heterocycles. The monoisotopic (exact) mass is 351 g/mol. The van der Waals surface area contributed by atoms with Crippen molar-refractivity contribution >= 4 is 38.6 Å². The number of hydrazone groups is 1. The molecule has 0 radical (unpaired) electrons. The molecular formula is C18H19N6S+. The van der Waals surface area contributed by atoms with Crippen molar-refractivity contribution in [1.29, 1.82) is 0 Å². The van der Waals surface area contributed by atoms with E-state index in [1.165, 1.54) is 4.70 Å². The molecule has 0 amide bonds. The lowest BCUT2D eigenvalue weighted by Gasteiger charge is -2.19. The fraction of sp³-hybridized carbons (Fsp3) is 0.111. The van der Waals surface area contributed by atoms with Gasteiger partial charge in [-0.1, -0.05) is 24.8 Å². The van der Waals surface area contributed by atoms with Crippen molar-refractivity contribution in [3.05, 3.63) is 65.8 Å². The van der Waals surface area contributed by atoms with Crippen LogP contribution in [0.5, 0.6) is 0 Å². The average molecular weight is 351 g/mol. The van der Waals surface area contributed by atoms with Gasteiger partial charge in [0.2, 0.25) is 6.17 Å². The van der Waals surface area contributed by atoms with Gasteiger partial charge in [-0.05, 0) is 37.3 Å². The summed E-state index contributed by atoms with van der Waals surface area (Å²) in [5.74, 6) is 0. The summed E-state index contributed by atoms with van der Waals surface area (Å²) in [7, 11) is 0. The number of thiazole rings is 1. The van der Waals surface area contributed by atoms with E-state index >= 15 is 0 Å². The van der Waals surface area contributed by atoms with Crippen LogP contribution in [0.4, 0.5) is 11.4 Å². The van der Waals surface area contributed by atoms with E-state index in [4.69, 9.17) is 0 Å². The summed E-state index contributed by atoms with van der Waals surface area (Å²) < 4.78 is 1.17. The SMILES string of the molecule is C=C1NN(c2ccccc2)[C@H]([NH3+])/C1=N/Nc1ccc2sc(C)nc2c1. The minimum atomic E-state index is -0.173. The second kappa shape index (κ2) is 6.19. The Kier molecular flexibility index (Phi) is 3.87. The third-order valence-electron chi connectivity index (χ3n) is 4.03. The Bertz CT molecular complexity index is 962. The van der Waals surface area contributed by atoms with Crippen LogP contribution < -0.4 is 21.6 Å². The summed E-state index contributed by atoms with van der Waals surface area (Å²) in [4.78, 5) is 4.51. The quantitative estimate of drug-likeness (QED) is 0.633. The highest BCUT2D eigenvalue weighted by Gasteiger charge is 2.34. The van der Waals surface area contributed by atoms with Gasteiger partial charge < -0.3 is 5.73 Å². The number of nitrogens with zero attached hydrogens (tertiary/aromatic N) is 3. The molecule has 2 aromatic carbocycles. The van der Waals surface area contributed by atoms with Crippen molar-refractivity contribution in [1.82, 2.24) is 10.4 Å². The summed E-state index contributed by atoms with van der Waals surface area (Å²) in [5.41, 5.74) is 15.0. The van der Waals surface area contributed by atoms with Gasteiger partial charge in [0.05, 0.1) is 32.3 Å². The Morgan fingerprint density at radius 3 is 2.88 bits per heavy atom. The van der Waals surface area contributed by atoms with E-state index < -0.39 is 0 Å². The van der Waals surface area contributed by atoms with Crippen LogP contribution >= 0.6 is 11.3 Å². The van der Waals surface area contributed by atoms with Crippen molar-refractivity contribution in [2.45, 2.75) is 13.1 Å². The van der Waals surface area contributed by atoms with Crippen molar-refractivity contribution in [3.8, 4) is 0 Å². The van der Waals surface area contributed by atoms with E-state index in [-0.39, 0.29) is 6.17 Å². The summed E-state index contributed by atoms with van der Waals surface area (Å²) in [6, 6.07) is 16.1. The average Bonchev–Trinajstić information content (AvgIpc) is 3.12. The van der Waals surface area contributed by atoms with Crippen LogP contribution in [0, 0.1) is 6.92 Å². The molecule has 25 heavy (non-hydrogen) atoms. The number of hydrazine groups is 1. The molecule has 1 aliphatic heterocycles. The van der Waals surface area contributed by atoms with Gasteiger partial charge >= 0.3 is 0 Å². The second-order valence-corrected chi connectivity index (χ2v) is 7.07. The third kappa shape index (κ3) is 2.95. The predicted molar refractivity (Wildman–Crippen MR) is 103 cm³/mol. The smallest absolute Gasteiger partial charge is 0.225 e. The van der Waals surface area contributed by atoms with E-state index in [9.17, 15) is 0 Å². The number of nitrogens with one attached hydrogen (secondary N) is 2. The molecule has 6 nitrogen and oxygen atoms in total. The molecule has 4 rings (SSSR count). The van der Waals surface area contributed by atoms with Crippen molar-refractivity contribution in [2.24, 2.45) is 5.10 Å². The molecule has 1 fully saturated rings. The number of benzene rings is 2. The fourth-order valence-corrected chi connectivity index (χ4v) is 3.62. The molecule has 1 aromatic heterocycles. The maximum absolute atomic E-state index is 4.52. The Morgan fingerprint density at radius 2 is 2.08 bits per heavy atom. The highest BCUT2D eigenvalue weighted by molar-refractivity contribution is 7.18. The second-order valence-electron chi connectivity index (χ2n) is 5.84. The van der Waals surface area contributed by atoms with Gasteiger partial charge in [0.15, 0.2) is 5.71 Å². The summed E-state index contributed by atoms with van der Waals surface area (Å²) >= 11 is 1.69. The van der Waals surface area contributed by atoms with Crippen molar-refractivity contribution in [3.63, 3.8) is 0 Å². The molecule has 0 bridgehead atoms. The molecule has 1 atom stereocenters. The van der Waals surface area contributed by atoms with Gasteiger partial charge in [0.25, 0.3) is 0 Å². The number of quaternary nitrogens is 1. The standard InChI is InChI=1S/C18H18N6S/c1-11-17(18(19)24(23-11)14-6-4-3-5-7-14)22-21-13-8-9-16-15(10-13)20-12(2)25-16/h3-10,18,21,23H,1,19H2,2H3/p+1/b22-17+/t18-/m0/s1. The highest BCUT2D eigenvalue weighted by atomic mass is 32.1. The first-order valence-electron chi connectivity index (χ1n) is 7.96. The maximum Gasteiger partial charge on any atom is 0.225 e. The van der Waals surface area contributed by atoms with Crippen molar-refractivity contribution in [2.75, 3.05) is 10.4 Å². The molecule has 7 heteroatoms. The largest absolute Gasteiger partial charge is 0.331 e. The van der Waals surface area contributed by atoms with Gasteiger partial charge in [-0.15, -0.1) is 11.3 Å². The van der Waals surface area contributed by atoms with E-state index in [0.29, 0.717) is 0 Å². The minimum Gasteiger partial charge on any atom is -0.331 e. The first-order chi connectivity index (χ1) is 12.1. The van der Waals surface area contributed by atoms with Crippen LogP contribution in [-0.2, 0) is 0 Å². The lowest BCUT2D eigenvalue weighted by atomic mass is 10.2. The van der Waals surface area contributed by atoms with Gasteiger partial charge in [0, 0.05) is 0 Å². The number of anilines is 2.